The number of carbonyl (C=O) groups excluding carboxylic acids is 1. The summed E-state index contributed by atoms with van der Waals surface area (Å²) in [5, 5.41) is 0. The molecule has 0 aliphatic carbocycles. The van der Waals surface area contributed by atoms with Gasteiger partial charge in [0.15, 0.2) is 0 Å². The standard InChI is InChI=1S/C22H31NO3S/c1-15(12-18-6-5-11-27-18)21(24)26-20-13-16(14-23-20)7-8-17-9-10-19(25-17)22(2,3)4/h6,9,14-15,19H,5,7-8,10-13H2,1-4H3. The van der Waals surface area contributed by atoms with Crippen molar-refractivity contribution in [2.75, 3.05) is 5.75 Å². The van der Waals surface area contributed by atoms with Gasteiger partial charge in [-0.05, 0) is 41.2 Å². The summed E-state index contributed by atoms with van der Waals surface area (Å²) in [4.78, 5) is 17.9. The van der Waals surface area contributed by atoms with Crippen LogP contribution in [-0.4, -0.2) is 23.7 Å². The second-order valence-corrected chi connectivity index (χ2v) is 9.92. The van der Waals surface area contributed by atoms with Crippen molar-refractivity contribution in [1.82, 2.24) is 0 Å². The molecule has 0 amide bonds. The minimum atomic E-state index is -0.174. The van der Waals surface area contributed by atoms with Crippen molar-refractivity contribution in [3.63, 3.8) is 0 Å². The number of hydrogen-bond donors (Lipinski definition) is 0. The molecular weight excluding hydrogens is 358 g/mol. The lowest BCUT2D eigenvalue weighted by molar-refractivity contribution is -0.139. The van der Waals surface area contributed by atoms with Crippen LogP contribution < -0.4 is 0 Å². The van der Waals surface area contributed by atoms with Crippen LogP contribution >= 0.6 is 11.8 Å². The Kier molecular flexibility index (Phi) is 6.51. The summed E-state index contributed by atoms with van der Waals surface area (Å²) in [6.45, 7) is 8.57. The zero-order chi connectivity index (χ0) is 19.4. The molecule has 5 heteroatoms. The van der Waals surface area contributed by atoms with Crippen LogP contribution in [0.4, 0.5) is 0 Å². The molecule has 2 atom stereocenters. The van der Waals surface area contributed by atoms with E-state index in [0.717, 1.165) is 43.6 Å². The predicted octanol–water partition coefficient (Wildman–Crippen LogP) is 5.76. The smallest absolute Gasteiger partial charge is 0.315 e. The molecule has 148 valence electrons. The fraction of sp³-hybridized carbons (Fsp3) is 0.636. The molecule has 3 rings (SSSR count). The van der Waals surface area contributed by atoms with E-state index in [4.69, 9.17) is 9.47 Å². The molecule has 3 aliphatic heterocycles. The first-order valence-corrected chi connectivity index (χ1v) is 10.9. The summed E-state index contributed by atoms with van der Waals surface area (Å²) < 4.78 is 11.6. The molecule has 2 unspecified atom stereocenters. The van der Waals surface area contributed by atoms with Gasteiger partial charge in [-0.3, -0.25) is 4.79 Å². The number of allylic oxidation sites excluding steroid dienone is 3. The topological polar surface area (TPSA) is 47.9 Å². The van der Waals surface area contributed by atoms with Gasteiger partial charge in [0.25, 0.3) is 0 Å². The number of carbonyl (C=O) groups is 1. The lowest BCUT2D eigenvalue weighted by Crippen LogP contribution is -2.25. The van der Waals surface area contributed by atoms with E-state index in [1.807, 2.05) is 24.9 Å². The number of thioether (sulfide) groups is 1. The van der Waals surface area contributed by atoms with Gasteiger partial charge in [-0.1, -0.05) is 33.8 Å². The fourth-order valence-electron chi connectivity index (χ4n) is 3.37. The Morgan fingerprint density at radius 2 is 2.19 bits per heavy atom. The van der Waals surface area contributed by atoms with Crippen LogP contribution in [0.5, 0.6) is 0 Å². The number of aliphatic imine (C=N–C) groups is 1. The molecule has 0 fully saturated rings. The van der Waals surface area contributed by atoms with Crippen LogP contribution in [-0.2, 0) is 14.3 Å². The molecule has 27 heavy (non-hydrogen) atoms. The largest absolute Gasteiger partial charge is 0.494 e. The summed E-state index contributed by atoms with van der Waals surface area (Å²) in [6, 6.07) is 0. The summed E-state index contributed by atoms with van der Waals surface area (Å²) in [5.41, 5.74) is 1.36. The first kappa shape index (κ1) is 20.2. The minimum Gasteiger partial charge on any atom is -0.494 e. The third-order valence-corrected chi connectivity index (χ3v) is 6.33. The van der Waals surface area contributed by atoms with Crippen molar-refractivity contribution in [1.29, 1.82) is 0 Å². The van der Waals surface area contributed by atoms with Crippen LogP contribution in [0.1, 0.15) is 66.2 Å². The molecule has 0 saturated heterocycles. The Hall–Kier alpha value is -1.49. The van der Waals surface area contributed by atoms with E-state index < -0.39 is 0 Å². The van der Waals surface area contributed by atoms with Gasteiger partial charge in [0.2, 0.25) is 5.90 Å². The molecule has 0 spiro atoms. The van der Waals surface area contributed by atoms with E-state index in [2.05, 4.69) is 37.9 Å². The van der Waals surface area contributed by atoms with E-state index in [1.54, 1.807) is 0 Å². The lowest BCUT2D eigenvalue weighted by atomic mass is 9.88. The second-order valence-electron chi connectivity index (χ2n) is 8.70. The Bertz CT molecular complexity index is 697. The van der Waals surface area contributed by atoms with Gasteiger partial charge in [-0.2, -0.15) is 0 Å². The van der Waals surface area contributed by atoms with Crippen molar-refractivity contribution in [2.24, 2.45) is 16.3 Å². The zero-order valence-corrected chi connectivity index (χ0v) is 17.7. The van der Waals surface area contributed by atoms with Gasteiger partial charge in [0, 0.05) is 31.2 Å². The fourth-order valence-corrected chi connectivity index (χ4v) is 4.47. The quantitative estimate of drug-likeness (QED) is 0.542. The Morgan fingerprint density at radius 3 is 2.85 bits per heavy atom. The van der Waals surface area contributed by atoms with Crippen molar-refractivity contribution in [3.8, 4) is 0 Å². The Balaban J connectivity index is 1.36. The third-order valence-electron chi connectivity index (χ3n) is 5.19. The highest BCUT2D eigenvalue weighted by Gasteiger charge is 2.30. The van der Waals surface area contributed by atoms with Crippen LogP contribution in [0.3, 0.4) is 0 Å². The molecular formula is C22H31NO3S. The van der Waals surface area contributed by atoms with E-state index in [1.165, 1.54) is 10.5 Å². The first-order chi connectivity index (χ1) is 12.8. The van der Waals surface area contributed by atoms with Crippen LogP contribution in [0.25, 0.3) is 0 Å². The van der Waals surface area contributed by atoms with Gasteiger partial charge in [0.1, 0.15) is 6.10 Å². The molecule has 0 aromatic rings. The number of hydrogen-bond acceptors (Lipinski definition) is 5. The second kappa shape index (κ2) is 8.68. The van der Waals surface area contributed by atoms with Gasteiger partial charge in [-0.15, -0.1) is 11.8 Å². The molecule has 0 N–H and O–H groups in total. The highest BCUT2D eigenvalue weighted by molar-refractivity contribution is 8.03. The average molecular weight is 390 g/mol. The number of ether oxygens (including phenoxy) is 2. The Morgan fingerprint density at radius 1 is 1.37 bits per heavy atom. The zero-order valence-electron chi connectivity index (χ0n) is 16.9. The molecule has 0 aromatic carbocycles. The van der Waals surface area contributed by atoms with E-state index in [-0.39, 0.29) is 23.4 Å². The molecule has 3 heterocycles. The summed E-state index contributed by atoms with van der Waals surface area (Å²) in [6.07, 6.45) is 11.8. The summed E-state index contributed by atoms with van der Waals surface area (Å²) >= 11 is 1.85. The first-order valence-electron chi connectivity index (χ1n) is 9.95. The van der Waals surface area contributed by atoms with Crippen molar-refractivity contribution < 1.29 is 14.3 Å². The maximum absolute atomic E-state index is 12.3. The van der Waals surface area contributed by atoms with Crippen LogP contribution in [0.15, 0.2) is 39.6 Å². The Labute approximate surface area is 167 Å². The predicted molar refractivity (Wildman–Crippen MR) is 111 cm³/mol. The van der Waals surface area contributed by atoms with E-state index >= 15 is 0 Å². The van der Waals surface area contributed by atoms with E-state index in [9.17, 15) is 4.79 Å². The molecule has 0 bridgehead atoms. The summed E-state index contributed by atoms with van der Waals surface area (Å²) in [7, 11) is 0. The van der Waals surface area contributed by atoms with Crippen molar-refractivity contribution in [3.05, 3.63) is 34.6 Å². The molecule has 0 aromatic heterocycles. The van der Waals surface area contributed by atoms with Crippen molar-refractivity contribution >= 4 is 23.6 Å². The number of nitrogens with zero attached hydrogens (tertiary/aromatic N) is 1. The maximum Gasteiger partial charge on any atom is 0.315 e. The maximum atomic E-state index is 12.3. The van der Waals surface area contributed by atoms with Gasteiger partial charge in [-0.25, -0.2) is 4.99 Å². The third kappa shape index (κ3) is 5.74. The van der Waals surface area contributed by atoms with Gasteiger partial charge in [0.05, 0.1) is 11.7 Å². The average Bonchev–Trinajstić information content (AvgIpc) is 3.34. The van der Waals surface area contributed by atoms with Crippen molar-refractivity contribution in [2.45, 2.75) is 72.3 Å². The highest BCUT2D eigenvalue weighted by Crippen LogP contribution is 2.34. The molecule has 0 saturated carbocycles. The highest BCUT2D eigenvalue weighted by atomic mass is 32.2. The molecule has 0 radical (unpaired) electrons. The minimum absolute atomic E-state index is 0.125. The molecule has 3 aliphatic rings. The van der Waals surface area contributed by atoms with Crippen LogP contribution in [0.2, 0.25) is 0 Å². The summed E-state index contributed by atoms with van der Waals surface area (Å²) in [5.74, 6) is 2.45. The van der Waals surface area contributed by atoms with Gasteiger partial charge >= 0.3 is 5.97 Å². The van der Waals surface area contributed by atoms with E-state index in [0.29, 0.717) is 12.3 Å². The van der Waals surface area contributed by atoms with Gasteiger partial charge < -0.3 is 9.47 Å². The lowest BCUT2D eigenvalue weighted by Gasteiger charge is -2.27. The molecule has 4 nitrogen and oxygen atoms in total. The monoisotopic (exact) mass is 389 g/mol. The number of esters is 1. The normalized spacial score (nSPS) is 23.3. The SMILES string of the molecule is CC(CC1=CCCS1)C(=O)OC1=NC=C(CCC2=CCC(C(C)(C)C)O2)C1. The number of rotatable bonds is 6. The van der Waals surface area contributed by atoms with Crippen LogP contribution in [0, 0.1) is 11.3 Å².